The van der Waals surface area contributed by atoms with Crippen LogP contribution in [0.4, 0.5) is 0 Å². The van der Waals surface area contributed by atoms with E-state index in [-0.39, 0.29) is 11.9 Å². The fourth-order valence-corrected chi connectivity index (χ4v) is 4.98. The maximum atomic E-state index is 13.7. The van der Waals surface area contributed by atoms with E-state index in [9.17, 15) is 4.79 Å². The number of carbonyl (C=O) groups is 1. The van der Waals surface area contributed by atoms with Crippen molar-refractivity contribution in [2.75, 3.05) is 6.54 Å². The molecule has 1 amide bonds. The molecule has 0 radical (unpaired) electrons. The van der Waals surface area contributed by atoms with Crippen molar-refractivity contribution in [2.45, 2.75) is 25.8 Å². The molecule has 6 nitrogen and oxygen atoms in total. The van der Waals surface area contributed by atoms with Gasteiger partial charge in [-0.2, -0.15) is 5.10 Å². The van der Waals surface area contributed by atoms with Crippen LogP contribution in [0.25, 0.3) is 22.5 Å². The summed E-state index contributed by atoms with van der Waals surface area (Å²) < 4.78 is 7.27. The fourth-order valence-electron chi connectivity index (χ4n) is 4.11. The van der Waals surface area contributed by atoms with E-state index in [0.717, 1.165) is 30.5 Å². The van der Waals surface area contributed by atoms with Gasteiger partial charge in [-0.25, -0.2) is 4.98 Å². The molecule has 5 rings (SSSR count). The van der Waals surface area contributed by atoms with Gasteiger partial charge in [0, 0.05) is 18.5 Å². The number of pyridine rings is 1. The van der Waals surface area contributed by atoms with Gasteiger partial charge in [-0.1, -0.05) is 6.07 Å². The minimum Gasteiger partial charge on any atom is -0.463 e. The number of aromatic nitrogens is 3. The molecular formula is C21H20N4O2S. The van der Waals surface area contributed by atoms with Crippen LogP contribution in [0.15, 0.2) is 46.4 Å². The number of aryl methyl sites for hydroxylation is 2. The van der Waals surface area contributed by atoms with Crippen LogP contribution in [0.2, 0.25) is 0 Å². The van der Waals surface area contributed by atoms with Gasteiger partial charge < -0.3 is 9.32 Å². The van der Waals surface area contributed by atoms with Gasteiger partial charge in [0.2, 0.25) is 0 Å². The quantitative estimate of drug-likeness (QED) is 0.512. The standard InChI is InChI=1S/C21H20N4O2S/c1-13-19-14(21(26)25-9-3-6-16(25)18-8-5-11-28-18)12-15(17-7-4-10-27-17)22-20(19)24(2)23-13/h4-5,7-8,10-12,16H,3,6,9H2,1-2H3. The SMILES string of the molecule is Cc1nn(C)c2nc(-c3ccco3)cc(C(=O)N3CCCC3c3cccs3)c12. The summed E-state index contributed by atoms with van der Waals surface area (Å²) in [5, 5.41) is 7.40. The molecule has 1 aliphatic heterocycles. The second kappa shape index (κ2) is 6.60. The number of amides is 1. The van der Waals surface area contributed by atoms with Gasteiger partial charge in [0.05, 0.1) is 28.9 Å². The molecule has 142 valence electrons. The Bertz CT molecular complexity index is 1150. The van der Waals surface area contributed by atoms with E-state index in [2.05, 4.69) is 16.5 Å². The van der Waals surface area contributed by atoms with Crippen molar-refractivity contribution in [1.29, 1.82) is 0 Å². The van der Waals surface area contributed by atoms with Crippen molar-refractivity contribution >= 4 is 28.3 Å². The molecule has 7 heteroatoms. The Morgan fingerprint density at radius 1 is 1.32 bits per heavy atom. The van der Waals surface area contributed by atoms with Crippen molar-refractivity contribution in [3.05, 3.63) is 58.1 Å². The second-order valence-corrected chi connectivity index (χ2v) is 8.09. The number of likely N-dealkylation sites (tertiary alicyclic amines) is 1. The van der Waals surface area contributed by atoms with Crippen LogP contribution in [0.3, 0.4) is 0 Å². The Labute approximate surface area is 166 Å². The summed E-state index contributed by atoms with van der Waals surface area (Å²) in [5.74, 6) is 0.679. The third-order valence-electron chi connectivity index (χ3n) is 5.36. The molecule has 0 saturated carbocycles. The van der Waals surface area contributed by atoms with Gasteiger partial charge in [0.1, 0.15) is 5.69 Å². The van der Waals surface area contributed by atoms with Crippen LogP contribution in [-0.4, -0.2) is 32.1 Å². The molecule has 0 aromatic carbocycles. The van der Waals surface area contributed by atoms with Crippen LogP contribution in [0, 0.1) is 6.92 Å². The highest BCUT2D eigenvalue weighted by molar-refractivity contribution is 7.10. The van der Waals surface area contributed by atoms with E-state index in [0.29, 0.717) is 22.7 Å². The van der Waals surface area contributed by atoms with Gasteiger partial charge in [-0.05, 0) is 49.4 Å². The molecule has 0 aliphatic carbocycles. The molecule has 1 atom stereocenters. The number of rotatable bonds is 3. The monoisotopic (exact) mass is 392 g/mol. The number of fused-ring (bicyclic) bond motifs is 1. The fraction of sp³-hybridized carbons (Fsp3) is 0.286. The second-order valence-electron chi connectivity index (χ2n) is 7.11. The third kappa shape index (κ3) is 2.65. The zero-order chi connectivity index (χ0) is 19.3. The highest BCUT2D eigenvalue weighted by Gasteiger charge is 2.33. The van der Waals surface area contributed by atoms with Crippen molar-refractivity contribution in [3.63, 3.8) is 0 Å². The lowest BCUT2D eigenvalue weighted by Gasteiger charge is -2.24. The highest BCUT2D eigenvalue weighted by Crippen LogP contribution is 2.37. The predicted octanol–water partition coefficient (Wildman–Crippen LogP) is 4.58. The van der Waals surface area contributed by atoms with Crippen LogP contribution in [-0.2, 0) is 7.05 Å². The Morgan fingerprint density at radius 3 is 2.96 bits per heavy atom. The first-order valence-electron chi connectivity index (χ1n) is 9.36. The Balaban J connectivity index is 1.66. The molecule has 1 saturated heterocycles. The van der Waals surface area contributed by atoms with E-state index < -0.39 is 0 Å². The molecule has 0 bridgehead atoms. The average molecular weight is 392 g/mol. The lowest BCUT2D eigenvalue weighted by molar-refractivity contribution is 0.0740. The number of thiophene rings is 1. The first kappa shape index (κ1) is 17.2. The van der Waals surface area contributed by atoms with Crippen molar-refractivity contribution < 1.29 is 9.21 Å². The highest BCUT2D eigenvalue weighted by atomic mass is 32.1. The summed E-state index contributed by atoms with van der Waals surface area (Å²) in [6, 6.07) is 9.83. The largest absolute Gasteiger partial charge is 0.463 e. The van der Waals surface area contributed by atoms with E-state index in [1.165, 1.54) is 4.88 Å². The van der Waals surface area contributed by atoms with E-state index in [1.807, 2.05) is 43.1 Å². The van der Waals surface area contributed by atoms with Gasteiger partial charge >= 0.3 is 0 Å². The first-order chi connectivity index (χ1) is 13.6. The zero-order valence-electron chi connectivity index (χ0n) is 15.8. The molecular weight excluding hydrogens is 372 g/mol. The molecule has 0 N–H and O–H groups in total. The van der Waals surface area contributed by atoms with Gasteiger partial charge in [-0.3, -0.25) is 9.48 Å². The molecule has 5 heterocycles. The molecule has 1 fully saturated rings. The zero-order valence-corrected chi connectivity index (χ0v) is 16.6. The summed E-state index contributed by atoms with van der Waals surface area (Å²) in [4.78, 5) is 21.6. The Kier molecular flexibility index (Phi) is 4.05. The molecule has 4 aromatic rings. The van der Waals surface area contributed by atoms with Gasteiger partial charge in [0.15, 0.2) is 11.4 Å². The number of hydrogen-bond acceptors (Lipinski definition) is 5. The normalized spacial score (nSPS) is 16.9. The molecule has 1 unspecified atom stereocenters. The van der Waals surface area contributed by atoms with E-state index >= 15 is 0 Å². The van der Waals surface area contributed by atoms with Crippen molar-refractivity contribution in [2.24, 2.45) is 7.05 Å². The summed E-state index contributed by atoms with van der Waals surface area (Å²) in [6.07, 6.45) is 3.63. The summed E-state index contributed by atoms with van der Waals surface area (Å²) in [7, 11) is 1.85. The number of hydrogen-bond donors (Lipinski definition) is 0. The smallest absolute Gasteiger partial charge is 0.255 e. The van der Waals surface area contributed by atoms with Gasteiger partial charge in [0.25, 0.3) is 5.91 Å². The molecule has 1 aliphatic rings. The summed E-state index contributed by atoms with van der Waals surface area (Å²) >= 11 is 1.71. The number of carbonyl (C=O) groups excluding carboxylic acids is 1. The minimum absolute atomic E-state index is 0.0345. The Hall–Kier alpha value is -2.93. The molecule has 4 aromatic heterocycles. The summed E-state index contributed by atoms with van der Waals surface area (Å²) in [5.41, 5.74) is 2.80. The van der Waals surface area contributed by atoms with E-state index in [4.69, 9.17) is 9.40 Å². The molecule has 0 spiro atoms. The number of nitrogens with zero attached hydrogens (tertiary/aromatic N) is 4. The maximum Gasteiger partial charge on any atom is 0.255 e. The number of furan rings is 1. The average Bonchev–Trinajstić information content (AvgIpc) is 3.48. The predicted molar refractivity (Wildman–Crippen MR) is 108 cm³/mol. The van der Waals surface area contributed by atoms with Gasteiger partial charge in [-0.15, -0.1) is 11.3 Å². The van der Waals surface area contributed by atoms with Crippen molar-refractivity contribution in [3.8, 4) is 11.5 Å². The molecule has 28 heavy (non-hydrogen) atoms. The Morgan fingerprint density at radius 2 is 2.21 bits per heavy atom. The summed E-state index contributed by atoms with van der Waals surface area (Å²) in [6.45, 7) is 2.69. The first-order valence-corrected chi connectivity index (χ1v) is 10.2. The third-order valence-corrected chi connectivity index (χ3v) is 6.33. The van der Waals surface area contributed by atoms with Crippen LogP contribution in [0.5, 0.6) is 0 Å². The lowest BCUT2D eigenvalue weighted by Crippen LogP contribution is -2.30. The van der Waals surface area contributed by atoms with E-state index in [1.54, 1.807) is 22.3 Å². The lowest BCUT2D eigenvalue weighted by atomic mass is 10.1. The topological polar surface area (TPSA) is 64.2 Å². The maximum absolute atomic E-state index is 13.7. The van der Waals surface area contributed by atoms with Crippen LogP contribution in [0.1, 0.15) is 39.8 Å². The minimum atomic E-state index is 0.0345. The van der Waals surface area contributed by atoms with Crippen LogP contribution >= 0.6 is 11.3 Å². The van der Waals surface area contributed by atoms with Crippen LogP contribution < -0.4 is 0 Å². The van der Waals surface area contributed by atoms with Crippen molar-refractivity contribution in [1.82, 2.24) is 19.7 Å².